The molecule has 1 aliphatic carbocycles. The molecule has 1 N–H and O–H groups in total. The number of carbonyl (C=O) groups is 3. The van der Waals surface area contributed by atoms with E-state index >= 15 is 0 Å². The summed E-state index contributed by atoms with van der Waals surface area (Å²) in [6.45, 7) is 0.316. The molecule has 0 saturated carbocycles. The predicted octanol–water partition coefficient (Wildman–Crippen LogP) is 3.12. The standard InChI is InChI=1S/C18H19BrN2O3/c19-12-5-3-6-13(11-12)20-16(22)9-4-10-21-17(23)14-7-1-2-8-15(14)18(21)24/h1-3,5-6,11,14-15H,4,7-10H2,(H,20,22)/t14-,15-/m0/s1. The van der Waals surface area contributed by atoms with Gasteiger partial charge in [-0.15, -0.1) is 0 Å². The molecule has 1 aromatic rings. The molecular weight excluding hydrogens is 372 g/mol. The van der Waals surface area contributed by atoms with Crippen molar-refractivity contribution in [3.63, 3.8) is 0 Å². The molecule has 2 aliphatic rings. The summed E-state index contributed by atoms with van der Waals surface area (Å²) in [7, 11) is 0. The first-order valence-electron chi connectivity index (χ1n) is 8.12. The molecule has 1 aliphatic heterocycles. The summed E-state index contributed by atoms with van der Waals surface area (Å²) in [5.41, 5.74) is 0.722. The average molecular weight is 391 g/mol. The zero-order chi connectivity index (χ0) is 17.1. The van der Waals surface area contributed by atoms with E-state index in [4.69, 9.17) is 0 Å². The van der Waals surface area contributed by atoms with Crippen LogP contribution in [0.4, 0.5) is 5.69 Å². The number of fused-ring (bicyclic) bond motifs is 1. The third kappa shape index (κ3) is 3.59. The number of nitrogens with one attached hydrogen (secondary N) is 1. The minimum absolute atomic E-state index is 0.0817. The largest absolute Gasteiger partial charge is 0.326 e. The van der Waals surface area contributed by atoms with Crippen molar-refractivity contribution in [2.24, 2.45) is 11.8 Å². The van der Waals surface area contributed by atoms with Gasteiger partial charge in [-0.3, -0.25) is 19.3 Å². The van der Waals surface area contributed by atoms with E-state index in [0.29, 0.717) is 25.8 Å². The van der Waals surface area contributed by atoms with Crippen LogP contribution in [0.1, 0.15) is 25.7 Å². The Balaban J connectivity index is 1.49. The van der Waals surface area contributed by atoms with Crippen molar-refractivity contribution in [1.82, 2.24) is 4.90 Å². The second-order valence-corrected chi connectivity index (χ2v) is 7.06. The number of allylic oxidation sites excluding steroid dienone is 2. The Kier molecular flexibility index (Phi) is 5.14. The van der Waals surface area contributed by atoms with Crippen molar-refractivity contribution in [2.45, 2.75) is 25.7 Å². The molecule has 6 heteroatoms. The Morgan fingerprint density at radius 2 is 1.83 bits per heavy atom. The smallest absolute Gasteiger partial charge is 0.233 e. The molecule has 0 unspecified atom stereocenters. The molecule has 1 aromatic carbocycles. The summed E-state index contributed by atoms with van der Waals surface area (Å²) in [5, 5.41) is 2.81. The SMILES string of the molecule is O=C(CCCN1C(=O)[C@H]2CC=CC[C@@H]2C1=O)Nc1cccc(Br)c1. The van der Waals surface area contributed by atoms with Gasteiger partial charge in [0, 0.05) is 23.1 Å². The Morgan fingerprint density at radius 1 is 1.17 bits per heavy atom. The zero-order valence-corrected chi connectivity index (χ0v) is 14.8. The van der Waals surface area contributed by atoms with Crippen LogP contribution in [0.2, 0.25) is 0 Å². The van der Waals surface area contributed by atoms with Gasteiger partial charge in [-0.05, 0) is 37.5 Å². The second-order valence-electron chi connectivity index (χ2n) is 6.15. The molecule has 3 amide bonds. The summed E-state index contributed by atoms with van der Waals surface area (Å²) in [6.07, 6.45) is 5.99. The molecular formula is C18H19BrN2O3. The lowest BCUT2D eigenvalue weighted by Gasteiger charge is -2.14. The number of anilines is 1. The van der Waals surface area contributed by atoms with Gasteiger partial charge in [0.05, 0.1) is 11.8 Å². The van der Waals surface area contributed by atoms with E-state index < -0.39 is 0 Å². The second kappa shape index (κ2) is 7.30. The Labute approximate surface area is 149 Å². The van der Waals surface area contributed by atoms with Crippen molar-refractivity contribution in [1.29, 1.82) is 0 Å². The van der Waals surface area contributed by atoms with E-state index in [2.05, 4.69) is 21.2 Å². The van der Waals surface area contributed by atoms with Crippen LogP contribution < -0.4 is 5.32 Å². The minimum Gasteiger partial charge on any atom is -0.326 e. The first-order chi connectivity index (χ1) is 11.6. The molecule has 1 fully saturated rings. The van der Waals surface area contributed by atoms with Crippen LogP contribution in [0.25, 0.3) is 0 Å². The van der Waals surface area contributed by atoms with Gasteiger partial charge in [0.25, 0.3) is 0 Å². The fraction of sp³-hybridized carbons (Fsp3) is 0.389. The number of imide groups is 1. The number of rotatable bonds is 5. The summed E-state index contributed by atoms with van der Waals surface area (Å²) in [6, 6.07) is 7.36. The van der Waals surface area contributed by atoms with Gasteiger partial charge in [0.15, 0.2) is 0 Å². The average Bonchev–Trinajstić information content (AvgIpc) is 2.80. The van der Waals surface area contributed by atoms with Crippen molar-refractivity contribution >= 4 is 39.3 Å². The highest BCUT2D eigenvalue weighted by atomic mass is 79.9. The van der Waals surface area contributed by atoms with Gasteiger partial charge in [0.2, 0.25) is 17.7 Å². The third-order valence-corrected chi connectivity index (χ3v) is 4.99. The van der Waals surface area contributed by atoms with Crippen LogP contribution in [0.15, 0.2) is 40.9 Å². The van der Waals surface area contributed by atoms with Gasteiger partial charge in [-0.2, -0.15) is 0 Å². The normalized spacial score (nSPS) is 22.6. The maximum absolute atomic E-state index is 12.3. The molecule has 0 spiro atoms. The lowest BCUT2D eigenvalue weighted by Crippen LogP contribution is -2.32. The summed E-state index contributed by atoms with van der Waals surface area (Å²) in [5.74, 6) is -0.675. The number of hydrogen-bond acceptors (Lipinski definition) is 3. The molecule has 126 valence electrons. The quantitative estimate of drug-likeness (QED) is 0.620. The van der Waals surface area contributed by atoms with E-state index in [1.54, 1.807) is 0 Å². The van der Waals surface area contributed by atoms with Crippen molar-refractivity contribution < 1.29 is 14.4 Å². The van der Waals surface area contributed by atoms with E-state index in [9.17, 15) is 14.4 Å². The first kappa shape index (κ1) is 16.9. The number of benzene rings is 1. The van der Waals surface area contributed by atoms with Gasteiger partial charge in [0.1, 0.15) is 0 Å². The topological polar surface area (TPSA) is 66.5 Å². The van der Waals surface area contributed by atoms with E-state index in [1.807, 2.05) is 36.4 Å². The molecule has 0 bridgehead atoms. The number of carbonyl (C=O) groups excluding carboxylic acids is 3. The number of hydrogen-bond donors (Lipinski definition) is 1. The van der Waals surface area contributed by atoms with Gasteiger partial charge >= 0.3 is 0 Å². The Hall–Kier alpha value is -1.95. The van der Waals surface area contributed by atoms with Crippen molar-refractivity contribution in [3.05, 3.63) is 40.9 Å². The maximum Gasteiger partial charge on any atom is 0.233 e. The van der Waals surface area contributed by atoms with E-state index in [-0.39, 0.29) is 36.0 Å². The summed E-state index contributed by atoms with van der Waals surface area (Å²) >= 11 is 3.35. The molecule has 0 aromatic heterocycles. The van der Waals surface area contributed by atoms with E-state index in [0.717, 1.165) is 10.2 Å². The van der Waals surface area contributed by atoms with E-state index in [1.165, 1.54) is 4.90 Å². The van der Waals surface area contributed by atoms with Crippen LogP contribution >= 0.6 is 15.9 Å². The number of nitrogens with zero attached hydrogens (tertiary/aromatic N) is 1. The highest BCUT2D eigenvalue weighted by Gasteiger charge is 2.46. The van der Waals surface area contributed by atoms with Crippen LogP contribution in [-0.2, 0) is 14.4 Å². The van der Waals surface area contributed by atoms with Crippen molar-refractivity contribution in [2.75, 3.05) is 11.9 Å². The molecule has 2 atom stereocenters. The molecule has 1 heterocycles. The van der Waals surface area contributed by atoms with Crippen LogP contribution in [-0.4, -0.2) is 29.2 Å². The zero-order valence-electron chi connectivity index (χ0n) is 13.2. The lowest BCUT2D eigenvalue weighted by molar-refractivity contribution is -0.140. The highest BCUT2D eigenvalue weighted by Crippen LogP contribution is 2.35. The Bertz CT molecular complexity index is 675. The molecule has 3 rings (SSSR count). The Morgan fingerprint density at radius 3 is 2.46 bits per heavy atom. The molecule has 24 heavy (non-hydrogen) atoms. The number of likely N-dealkylation sites (tertiary alicyclic amines) is 1. The molecule has 0 radical (unpaired) electrons. The highest BCUT2D eigenvalue weighted by molar-refractivity contribution is 9.10. The fourth-order valence-corrected chi connectivity index (χ4v) is 3.68. The third-order valence-electron chi connectivity index (χ3n) is 4.49. The number of amides is 3. The molecule has 1 saturated heterocycles. The van der Waals surface area contributed by atoms with Crippen LogP contribution in [0, 0.1) is 11.8 Å². The number of halogens is 1. The van der Waals surface area contributed by atoms with Crippen LogP contribution in [0.3, 0.4) is 0 Å². The lowest BCUT2D eigenvalue weighted by atomic mass is 9.85. The maximum atomic E-state index is 12.3. The fourth-order valence-electron chi connectivity index (χ4n) is 3.28. The van der Waals surface area contributed by atoms with Gasteiger partial charge in [-0.1, -0.05) is 34.1 Å². The monoisotopic (exact) mass is 390 g/mol. The van der Waals surface area contributed by atoms with Gasteiger partial charge in [-0.25, -0.2) is 0 Å². The van der Waals surface area contributed by atoms with Gasteiger partial charge < -0.3 is 5.32 Å². The summed E-state index contributed by atoms with van der Waals surface area (Å²) < 4.78 is 0.893. The van der Waals surface area contributed by atoms with Crippen molar-refractivity contribution in [3.8, 4) is 0 Å². The molecule has 5 nitrogen and oxygen atoms in total. The predicted molar refractivity (Wildman–Crippen MR) is 94.1 cm³/mol. The van der Waals surface area contributed by atoms with Crippen LogP contribution in [0.5, 0.6) is 0 Å². The summed E-state index contributed by atoms with van der Waals surface area (Å²) in [4.78, 5) is 38.0. The first-order valence-corrected chi connectivity index (χ1v) is 8.91. The minimum atomic E-state index is -0.196.